The summed E-state index contributed by atoms with van der Waals surface area (Å²) in [5, 5.41) is 8.06. The van der Waals surface area contributed by atoms with E-state index in [1.807, 2.05) is 38.1 Å². The van der Waals surface area contributed by atoms with Crippen molar-refractivity contribution in [2.75, 3.05) is 73.7 Å². The van der Waals surface area contributed by atoms with Crippen LogP contribution in [0, 0.1) is 17.8 Å². The van der Waals surface area contributed by atoms with Gasteiger partial charge in [0.2, 0.25) is 0 Å². The minimum atomic E-state index is -0.137. The molecule has 4 heterocycles. The molecular weight excluding hydrogens is 740 g/mol. The standard InChI is InChI=1S/C43H61ClN4O3S.C2H6.CH4O/c1-31-8-6-11-40(48-24-23-47-22-5-4-10-36(47)28-48)38-18-14-34(38)27-46(2)29-43(21-7-9-33-26-35(44)15-19-39(33)43)30-51-37-16-12-32(13-17-37)42(49)45-52-41(31)20-25-50-3;2*1-2/h6,11-13,15-17,19,26,31,34,36,38,40-41H,4-5,7-10,14,18,20-25,27-30H2,1-3H3,(H,45,49);1-2H3;2H,1H3/b11-6+;;. The molecular formula is C46H71ClN4O4S. The van der Waals surface area contributed by atoms with Gasteiger partial charge in [0.15, 0.2) is 0 Å². The molecule has 1 spiro atoms. The molecule has 6 aliphatic rings. The lowest BCUT2D eigenvalue weighted by Gasteiger charge is -2.52. The zero-order valence-electron chi connectivity index (χ0n) is 35.2. The Bertz CT molecular complexity index is 1530. The van der Waals surface area contributed by atoms with Crippen molar-refractivity contribution in [1.29, 1.82) is 0 Å². The molecule has 7 atom stereocenters. The van der Waals surface area contributed by atoms with Gasteiger partial charge < -0.3 is 19.5 Å². The van der Waals surface area contributed by atoms with Crippen molar-refractivity contribution in [3.8, 4) is 5.75 Å². The second-order valence-electron chi connectivity index (χ2n) is 16.6. The predicted molar refractivity (Wildman–Crippen MR) is 234 cm³/mol. The number of rotatable bonds is 4. The molecule has 1 amide bonds. The Morgan fingerprint density at radius 1 is 1.00 bits per heavy atom. The van der Waals surface area contributed by atoms with Crippen LogP contribution in [0.4, 0.5) is 0 Å². The second kappa shape index (κ2) is 22.3. The molecule has 8 nitrogen and oxygen atoms in total. The molecule has 1 saturated carbocycles. The van der Waals surface area contributed by atoms with Crippen LogP contribution in [0.1, 0.15) is 100 Å². The zero-order chi connectivity index (χ0) is 40.1. The van der Waals surface area contributed by atoms with Crippen molar-refractivity contribution < 1.29 is 19.4 Å². The quantitative estimate of drug-likeness (QED) is 0.235. The first-order valence-electron chi connectivity index (χ1n) is 21.6. The molecule has 4 aliphatic heterocycles. The Kier molecular flexibility index (Phi) is 17.9. The topological polar surface area (TPSA) is 77.5 Å². The van der Waals surface area contributed by atoms with Crippen molar-refractivity contribution in [2.24, 2.45) is 17.8 Å². The van der Waals surface area contributed by atoms with Gasteiger partial charge in [0.1, 0.15) is 5.75 Å². The van der Waals surface area contributed by atoms with E-state index in [2.05, 4.69) is 63.7 Å². The average Bonchev–Trinajstić information content (AvgIpc) is 3.22. The summed E-state index contributed by atoms with van der Waals surface area (Å²) in [6.07, 6.45) is 16.9. The maximum Gasteiger partial charge on any atom is 0.261 e. The van der Waals surface area contributed by atoms with Crippen molar-refractivity contribution >= 4 is 29.5 Å². The number of piperazine rings is 1. The predicted octanol–water partition coefficient (Wildman–Crippen LogP) is 8.50. The third-order valence-corrected chi connectivity index (χ3v) is 14.6. The van der Waals surface area contributed by atoms with E-state index >= 15 is 0 Å². The molecule has 8 rings (SSSR count). The fourth-order valence-corrected chi connectivity index (χ4v) is 11.2. The van der Waals surface area contributed by atoms with Crippen LogP contribution < -0.4 is 9.46 Å². The van der Waals surface area contributed by atoms with Gasteiger partial charge in [0.05, 0.1) is 6.61 Å². The number of fused-ring (bicyclic) bond motifs is 14. The van der Waals surface area contributed by atoms with Gasteiger partial charge in [-0.25, -0.2) is 0 Å². The van der Waals surface area contributed by atoms with E-state index in [4.69, 9.17) is 26.2 Å². The van der Waals surface area contributed by atoms with Gasteiger partial charge in [-0.2, -0.15) is 0 Å². The number of methoxy groups -OCH3 is 1. The highest BCUT2D eigenvalue weighted by atomic mass is 35.5. The van der Waals surface area contributed by atoms with Crippen LogP contribution in [0.2, 0.25) is 5.02 Å². The first-order chi connectivity index (χ1) is 27.3. The number of carbonyl (C=O) groups is 1. The molecule has 0 radical (unpaired) electrons. The number of carbonyl (C=O) groups excluding carboxylic acids is 1. The first kappa shape index (κ1) is 45.0. The number of likely N-dealkylation sites (N-methyl/N-ethyl adjacent to an activating group) is 1. The van der Waals surface area contributed by atoms with Crippen molar-refractivity contribution in [1.82, 2.24) is 19.4 Å². The van der Waals surface area contributed by atoms with Crippen LogP contribution in [-0.4, -0.2) is 117 Å². The molecule has 10 heteroatoms. The van der Waals surface area contributed by atoms with Crippen LogP contribution in [0.15, 0.2) is 54.6 Å². The molecule has 2 saturated heterocycles. The number of halogens is 1. The number of ether oxygens (including phenoxy) is 2. The van der Waals surface area contributed by atoms with E-state index in [0.717, 1.165) is 69.6 Å². The number of benzene rings is 2. The maximum absolute atomic E-state index is 13.4. The second-order valence-corrected chi connectivity index (χ2v) is 18.1. The van der Waals surface area contributed by atoms with E-state index in [-0.39, 0.29) is 16.6 Å². The van der Waals surface area contributed by atoms with Crippen molar-refractivity contribution in [3.05, 3.63) is 76.3 Å². The van der Waals surface area contributed by atoms with Gasteiger partial charge in [-0.05, 0) is 149 Å². The number of hydrogen-bond acceptors (Lipinski definition) is 8. The van der Waals surface area contributed by atoms with Crippen LogP contribution >= 0.6 is 23.5 Å². The Balaban J connectivity index is 0.00000145. The van der Waals surface area contributed by atoms with Gasteiger partial charge in [-0.15, -0.1) is 0 Å². The number of amides is 1. The van der Waals surface area contributed by atoms with Crippen LogP contribution in [0.5, 0.6) is 5.75 Å². The highest BCUT2D eigenvalue weighted by Crippen LogP contribution is 2.43. The summed E-state index contributed by atoms with van der Waals surface area (Å²) in [5.41, 5.74) is 3.25. The summed E-state index contributed by atoms with van der Waals surface area (Å²) in [6, 6.07) is 15.4. The van der Waals surface area contributed by atoms with Crippen LogP contribution in [0.3, 0.4) is 0 Å². The minimum Gasteiger partial charge on any atom is -0.493 e. The van der Waals surface area contributed by atoms with E-state index in [1.165, 1.54) is 62.9 Å². The third kappa shape index (κ3) is 11.3. The van der Waals surface area contributed by atoms with E-state index in [0.29, 0.717) is 48.6 Å². The monoisotopic (exact) mass is 810 g/mol. The molecule has 2 bridgehead atoms. The molecule has 7 unspecified atom stereocenters. The number of allylic oxidation sites excluding steroid dienone is 1. The molecule has 3 fully saturated rings. The zero-order valence-corrected chi connectivity index (χ0v) is 36.8. The molecule has 0 aromatic heterocycles. The lowest BCUT2D eigenvalue weighted by molar-refractivity contribution is -0.0103. The number of nitrogens with zero attached hydrogens (tertiary/aromatic N) is 3. The smallest absolute Gasteiger partial charge is 0.261 e. The molecule has 2 aliphatic carbocycles. The van der Waals surface area contributed by atoms with Crippen LogP contribution in [0.25, 0.3) is 0 Å². The van der Waals surface area contributed by atoms with E-state index in [1.54, 1.807) is 19.1 Å². The Labute approximate surface area is 348 Å². The molecule has 2 aromatic rings. The van der Waals surface area contributed by atoms with Gasteiger partial charge in [-0.1, -0.05) is 57.0 Å². The van der Waals surface area contributed by atoms with Crippen molar-refractivity contribution in [2.45, 2.75) is 108 Å². The fourth-order valence-electron chi connectivity index (χ4n) is 10.0. The third-order valence-electron chi connectivity index (χ3n) is 13.1. The fraction of sp³-hybridized carbons (Fsp3) is 0.674. The summed E-state index contributed by atoms with van der Waals surface area (Å²) in [4.78, 5) is 21.6. The highest BCUT2D eigenvalue weighted by Gasteiger charge is 2.43. The number of nitrogens with one attached hydrogen (secondary N) is 1. The van der Waals surface area contributed by atoms with Crippen LogP contribution in [-0.2, 0) is 16.6 Å². The minimum absolute atomic E-state index is 0.0678. The Hall–Kier alpha value is -2.11. The lowest BCUT2D eigenvalue weighted by Crippen LogP contribution is -2.60. The average molecular weight is 812 g/mol. The summed E-state index contributed by atoms with van der Waals surface area (Å²) in [7, 11) is 5.11. The molecule has 2 N–H and O–H groups in total. The number of aliphatic hydroxyl groups excluding tert-OH is 1. The normalized spacial score (nSPS) is 31.2. The van der Waals surface area contributed by atoms with Gasteiger partial charge in [0.25, 0.3) is 5.91 Å². The first-order valence-corrected chi connectivity index (χ1v) is 22.8. The number of aryl methyl sites for hydroxylation is 1. The lowest BCUT2D eigenvalue weighted by atomic mass is 9.67. The molecule has 312 valence electrons. The number of piperidine rings is 1. The number of hydrogen-bond donors (Lipinski definition) is 2. The Morgan fingerprint density at radius 3 is 2.54 bits per heavy atom. The SMILES string of the molecule is CC.CO.COCCC1SNC(=O)c2ccc(cc2)OCC2(CCCc3cc(Cl)ccc32)CN(C)CC2CCC2C(N2CCN3CCCCC3C2)/C=C/CC1C. The Morgan fingerprint density at radius 2 is 1.79 bits per heavy atom. The summed E-state index contributed by atoms with van der Waals surface area (Å²) >= 11 is 8.10. The van der Waals surface area contributed by atoms with Gasteiger partial charge >= 0.3 is 0 Å². The van der Waals surface area contributed by atoms with Crippen molar-refractivity contribution in [3.63, 3.8) is 0 Å². The summed E-state index contributed by atoms with van der Waals surface area (Å²) in [6.45, 7) is 14.5. The highest BCUT2D eigenvalue weighted by molar-refractivity contribution is 7.98. The summed E-state index contributed by atoms with van der Waals surface area (Å²) in [5.74, 6) is 2.47. The molecule has 56 heavy (non-hydrogen) atoms. The number of aliphatic hydroxyl groups is 1. The van der Waals surface area contributed by atoms with E-state index < -0.39 is 0 Å². The van der Waals surface area contributed by atoms with Gasteiger partial charge in [0, 0.05) is 86.9 Å². The maximum atomic E-state index is 13.4. The summed E-state index contributed by atoms with van der Waals surface area (Å²) < 4.78 is 15.4. The van der Waals surface area contributed by atoms with Gasteiger partial charge in [-0.3, -0.25) is 19.3 Å². The largest absolute Gasteiger partial charge is 0.493 e. The van der Waals surface area contributed by atoms with E-state index in [9.17, 15) is 4.79 Å². The molecule has 2 aromatic carbocycles.